The van der Waals surface area contributed by atoms with Gasteiger partial charge in [-0.2, -0.15) is 4.57 Å². The zero-order valence-corrected chi connectivity index (χ0v) is 17.8. The van der Waals surface area contributed by atoms with Crippen LogP contribution >= 0.6 is 0 Å². The van der Waals surface area contributed by atoms with E-state index in [0.29, 0.717) is 6.54 Å². The lowest BCUT2D eigenvalue weighted by Gasteiger charge is -2.11. The second-order valence-electron chi connectivity index (χ2n) is 7.41. The first-order chi connectivity index (χ1) is 13.7. The molecule has 0 radical (unpaired) electrons. The summed E-state index contributed by atoms with van der Waals surface area (Å²) in [5.41, 5.74) is 5.35. The van der Waals surface area contributed by atoms with Crippen LogP contribution < -0.4 is 9.47 Å². The van der Waals surface area contributed by atoms with Gasteiger partial charge in [-0.3, -0.25) is 0 Å². The lowest BCUT2D eigenvalue weighted by atomic mass is 10.1. The highest BCUT2D eigenvalue weighted by atomic mass is 32.2. The van der Waals surface area contributed by atoms with Crippen molar-refractivity contribution in [2.45, 2.75) is 19.9 Å². The first-order valence-corrected chi connectivity index (χ1v) is 11.1. The van der Waals surface area contributed by atoms with E-state index in [4.69, 9.17) is 0 Å². The third-order valence-electron chi connectivity index (χ3n) is 4.85. The van der Waals surface area contributed by atoms with Crippen LogP contribution in [0.5, 0.6) is 0 Å². The molecule has 0 aliphatic rings. The minimum absolute atomic E-state index is 0.280. The van der Waals surface area contributed by atoms with Crippen LogP contribution in [0.3, 0.4) is 0 Å². The van der Waals surface area contributed by atoms with E-state index >= 15 is 0 Å². The maximum Gasteiger partial charge on any atom is 0.212 e. The van der Waals surface area contributed by atoms with Crippen molar-refractivity contribution in [1.82, 2.24) is 0 Å². The Morgan fingerprint density at radius 1 is 1.00 bits per heavy atom. The summed E-state index contributed by atoms with van der Waals surface area (Å²) >= 11 is 0. The highest BCUT2D eigenvalue weighted by Gasteiger charge is 2.14. The predicted molar refractivity (Wildman–Crippen MR) is 118 cm³/mol. The minimum Gasteiger partial charge on any atom is -0.748 e. The molecule has 0 fully saturated rings. The number of pyridine rings is 1. The zero-order chi connectivity index (χ0) is 21.0. The summed E-state index contributed by atoms with van der Waals surface area (Å²) < 4.78 is 35.1. The molecule has 1 heterocycles. The fourth-order valence-electron chi connectivity index (χ4n) is 3.32. The molecule has 0 saturated heterocycles. The molecule has 0 N–H and O–H groups in total. The van der Waals surface area contributed by atoms with Crippen LogP contribution in [0.15, 0.2) is 54.6 Å². The highest BCUT2D eigenvalue weighted by molar-refractivity contribution is 7.85. The van der Waals surface area contributed by atoms with Gasteiger partial charge in [0.2, 0.25) is 11.2 Å². The third kappa shape index (κ3) is 5.65. The van der Waals surface area contributed by atoms with E-state index in [-0.39, 0.29) is 12.2 Å². The van der Waals surface area contributed by atoms with Gasteiger partial charge in [0.25, 0.3) is 0 Å². The number of hydrogen-bond acceptors (Lipinski definition) is 4. The van der Waals surface area contributed by atoms with E-state index in [1.807, 2.05) is 51.4 Å². The van der Waals surface area contributed by atoms with Gasteiger partial charge in [-0.05, 0) is 42.8 Å². The number of fused-ring (bicyclic) bond motifs is 1. The number of hydrogen-bond donors (Lipinski definition) is 0. The molecular formula is C23H26N2O3S. The quantitative estimate of drug-likeness (QED) is 0.441. The molecule has 0 bridgehead atoms. The molecule has 29 heavy (non-hydrogen) atoms. The number of nitrogens with zero attached hydrogens (tertiary/aromatic N) is 2. The Kier molecular flexibility index (Phi) is 6.35. The van der Waals surface area contributed by atoms with Gasteiger partial charge in [-0.1, -0.05) is 23.8 Å². The predicted octanol–water partition coefficient (Wildman–Crippen LogP) is 3.61. The van der Waals surface area contributed by atoms with Crippen molar-refractivity contribution in [3.8, 4) is 0 Å². The number of aryl methyl sites for hydroxylation is 2. The van der Waals surface area contributed by atoms with Crippen molar-refractivity contribution < 1.29 is 17.5 Å². The number of benzene rings is 2. The van der Waals surface area contributed by atoms with Crippen molar-refractivity contribution in [2.75, 3.05) is 24.7 Å². The van der Waals surface area contributed by atoms with Gasteiger partial charge in [0.1, 0.15) is 0 Å². The summed E-state index contributed by atoms with van der Waals surface area (Å²) in [6.45, 7) is 2.50. The van der Waals surface area contributed by atoms with E-state index in [1.54, 1.807) is 0 Å². The van der Waals surface area contributed by atoms with E-state index in [1.165, 1.54) is 0 Å². The standard InChI is InChI=1S/C23H26N2O3S/c1-18-5-14-23-20(17-18)9-13-22(25(23)15-4-16-29(26,27)28)12-8-19-6-10-21(11-7-19)24(2)3/h5-14,17H,4,15-16H2,1-3H3. The molecule has 3 aromatic rings. The molecule has 0 saturated carbocycles. The molecule has 1 aromatic heterocycles. The molecule has 3 rings (SSSR count). The first-order valence-electron chi connectivity index (χ1n) is 9.55. The lowest BCUT2D eigenvalue weighted by molar-refractivity contribution is -0.673. The summed E-state index contributed by atoms with van der Waals surface area (Å²) in [6, 6.07) is 18.5. The Bertz CT molecular complexity index is 1130. The van der Waals surface area contributed by atoms with Gasteiger partial charge in [0, 0.05) is 55.6 Å². The van der Waals surface area contributed by atoms with E-state index < -0.39 is 10.1 Å². The van der Waals surface area contributed by atoms with Gasteiger partial charge in [0.05, 0.1) is 10.1 Å². The number of aromatic nitrogens is 1. The van der Waals surface area contributed by atoms with Crippen LogP contribution in [0.4, 0.5) is 5.69 Å². The van der Waals surface area contributed by atoms with Gasteiger partial charge in [-0.15, -0.1) is 0 Å². The Labute approximate surface area is 172 Å². The molecular weight excluding hydrogens is 384 g/mol. The van der Waals surface area contributed by atoms with Gasteiger partial charge >= 0.3 is 0 Å². The monoisotopic (exact) mass is 410 g/mol. The van der Waals surface area contributed by atoms with Crippen LogP contribution in [-0.2, 0) is 16.7 Å². The molecule has 0 aliphatic carbocycles. The van der Waals surface area contributed by atoms with E-state index in [0.717, 1.165) is 33.4 Å². The van der Waals surface area contributed by atoms with Crippen molar-refractivity contribution in [1.29, 1.82) is 0 Å². The van der Waals surface area contributed by atoms with Crippen molar-refractivity contribution in [2.24, 2.45) is 0 Å². The van der Waals surface area contributed by atoms with Crippen LogP contribution in [0.25, 0.3) is 23.1 Å². The summed E-state index contributed by atoms with van der Waals surface area (Å²) in [6.07, 6.45) is 4.34. The van der Waals surface area contributed by atoms with Crippen LogP contribution in [0.2, 0.25) is 0 Å². The number of anilines is 1. The molecule has 0 unspecified atom stereocenters. The average molecular weight is 411 g/mol. The van der Waals surface area contributed by atoms with Crippen molar-refractivity contribution in [3.05, 3.63) is 71.4 Å². The zero-order valence-electron chi connectivity index (χ0n) is 17.0. The lowest BCUT2D eigenvalue weighted by Crippen LogP contribution is -2.38. The van der Waals surface area contributed by atoms with E-state index in [2.05, 4.69) is 45.9 Å². The molecule has 0 amide bonds. The fraction of sp³-hybridized carbons (Fsp3) is 0.261. The van der Waals surface area contributed by atoms with E-state index in [9.17, 15) is 13.0 Å². The van der Waals surface area contributed by atoms with Crippen LogP contribution in [0, 0.1) is 6.92 Å². The molecule has 0 atom stereocenters. The largest absolute Gasteiger partial charge is 0.748 e. The highest BCUT2D eigenvalue weighted by Crippen LogP contribution is 2.17. The fourth-order valence-corrected chi connectivity index (χ4v) is 3.80. The smallest absolute Gasteiger partial charge is 0.212 e. The maximum atomic E-state index is 11.0. The summed E-state index contributed by atoms with van der Waals surface area (Å²) in [5.74, 6) is -0.364. The van der Waals surface area contributed by atoms with Crippen LogP contribution in [-0.4, -0.2) is 32.8 Å². The van der Waals surface area contributed by atoms with Gasteiger partial charge in [-0.25, -0.2) is 8.42 Å². The van der Waals surface area contributed by atoms with Crippen LogP contribution in [0.1, 0.15) is 23.2 Å². The molecule has 2 aromatic carbocycles. The Balaban J connectivity index is 1.94. The maximum absolute atomic E-state index is 11.0. The van der Waals surface area contributed by atoms with Crippen molar-refractivity contribution >= 4 is 38.9 Å². The Hall–Kier alpha value is -2.70. The third-order valence-corrected chi connectivity index (χ3v) is 5.64. The first kappa shape index (κ1) is 21.0. The number of rotatable bonds is 7. The molecule has 5 nitrogen and oxygen atoms in total. The second kappa shape index (κ2) is 8.76. The molecule has 0 spiro atoms. The average Bonchev–Trinajstić information content (AvgIpc) is 2.66. The Morgan fingerprint density at radius 3 is 2.38 bits per heavy atom. The SMILES string of the molecule is Cc1ccc2c(ccc(/C=C/c3ccc(N(C)C)cc3)[n+]2CCCS(=O)(=O)[O-])c1. The van der Waals surface area contributed by atoms with Gasteiger partial charge in [0.15, 0.2) is 6.54 Å². The minimum atomic E-state index is -4.22. The normalized spacial score (nSPS) is 12.0. The van der Waals surface area contributed by atoms with Gasteiger partial charge < -0.3 is 9.45 Å². The molecule has 0 aliphatic heterocycles. The second-order valence-corrected chi connectivity index (χ2v) is 8.93. The summed E-state index contributed by atoms with van der Waals surface area (Å²) in [4.78, 5) is 2.05. The Morgan fingerprint density at radius 2 is 1.72 bits per heavy atom. The summed E-state index contributed by atoms with van der Waals surface area (Å²) in [7, 11) is -0.206. The molecule has 6 heteroatoms. The topological polar surface area (TPSA) is 64.3 Å². The summed E-state index contributed by atoms with van der Waals surface area (Å²) in [5, 5.41) is 1.09. The molecule has 152 valence electrons. The van der Waals surface area contributed by atoms with Crippen molar-refractivity contribution in [3.63, 3.8) is 0 Å².